The first-order chi connectivity index (χ1) is 12.6. The number of methoxy groups -OCH3 is 1. The third-order valence-corrected chi connectivity index (χ3v) is 4.48. The fourth-order valence-corrected chi connectivity index (χ4v) is 2.87. The molecule has 0 aromatic rings. The van der Waals surface area contributed by atoms with Crippen LogP contribution in [0, 0.1) is 5.92 Å². The van der Waals surface area contributed by atoms with E-state index in [1.807, 2.05) is 13.8 Å². The highest BCUT2D eigenvalue weighted by atomic mass is 16.5. The van der Waals surface area contributed by atoms with Crippen molar-refractivity contribution in [2.75, 3.05) is 20.7 Å². The van der Waals surface area contributed by atoms with Crippen LogP contribution in [0.1, 0.15) is 26.7 Å². The molecule has 1 aliphatic heterocycles. The number of allylic oxidation sites excluding steroid dienone is 1. The van der Waals surface area contributed by atoms with E-state index < -0.39 is 42.5 Å². The van der Waals surface area contributed by atoms with Crippen molar-refractivity contribution in [3.63, 3.8) is 0 Å². The number of carbonyl (C=O) groups excluding carboxylic acids is 2. The molecule has 1 saturated heterocycles. The van der Waals surface area contributed by atoms with E-state index in [1.54, 1.807) is 6.08 Å². The van der Waals surface area contributed by atoms with Crippen LogP contribution in [0.25, 0.3) is 0 Å². The molecule has 1 aliphatic rings. The van der Waals surface area contributed by atoms with Crippen LogP contribution in [-0.4, -0.2) is 94.4 Å². The van der Waals surface area contributed by atoms with E-state index in [0.29, 0.717) is 6.42 Å². The fourth-order valence-electron chi connectivity index (χ4n) is 2.87. The Bertz CT molecular complexity index is 526. The van der Waals surface area contributed by atoms with Gasteiger partial charge in [0.2, 0.25) is 5.91 Å². The Kier molecular flexibility index (Phi) is 9.34. The monoisotopic (exact) mass is 388 g/mol. The van der Waals surface area contributed by atoms with Crippen molar-refractivity contribution in [2.45, 2.75) is 63.3 Å². The van der Waals surface area contributed by atoms with Gasteiger partial charge in [-0.25, -0.2) is 0 Å². The van der Waals surface area contributed by atoms with Gasteiger partial charge >= 0.3 is 0 Å². The third-order valence-electron chi connectivity index (χ3n) is 4.48. The van der Waals surface area contributed by atoms with Crippen molar-refractivity contribution < 1.29 is 34.8 Å². The fraction of sp³-hybridized carbons (Fsp3) is 0.778. The minimum Gasteiger partial charge on any atom is -0.391 e. The first-order valence-electron chi connectivity index (χ1n) is 9.07. The molecule has 27 heavy (non-hydrogen) atoms. The number of ether oxygens (including phenoxy) is 1. The molecule has 5 N–H and O–H groups in total. The third kappa shape index (κ3) is 6.86. The summed E-state index contributed by atoms with van der Waals surface area (Å²) < 4.78 is 5.00. The Labute approximate surface area is 159 Å². The van der Waals surface area contributed by atoms with Gasteiger partial charge in [-0.15, -0.1) is 0 Å². The zero-order valence-electron chi connectivity index (χ0n) is 16.3. The summed E-state index contributed by atoms with van der Waals surface area (Å²) in [6.07, 6.45) is -3.30. The zero-order chi connectivity index (χ0) is 20.7. The Hall–Kier alpha value is -1.52. The number of carbonyl (C=O) groups is 2. The summed E-state index contributed by atoms with van der Waals surface area (Å²) >= 11 is 0. The summed E-state index contributed by atoms with van der Waals surface area (Å²) in [5, 5.41) is 42.6. The summed E-state index contributed by atoms with van der Waals surface area (Å²) in [5.41, 5.74) is 0. The number of likely N-dealkylation sites (N-methyl/N-ethyl adjacent to an activating group) is 1. The van der Waals surface area contributed by atoms with Gasteiger partial charge in [0.1, 0.15) is 24.4 Å². The number of hydrogen-bond acceptors (Lipinski definition) is 7. The number of aliphatic hydroxyl groups is 4. The lowest BCUT2D eigenvalue weighted by atomic mass is 10.00. The molecule has 0 spiro atoms. The normalized spacial score (nSPS) is 26.0. The molecule has 2 amide bonds. The topological polar surface area (TPSA) is 140 Å². The standard InChI is InChI=1S/C18H32N2O7/c1-10(2)5-8-13(22)14(23)15(24)16(27-4)17(25)19-12-7-6-11(21)9-20(3)18(12)26/h5,8,10-16,21-24H,6-7,9H2,1-4H3,(H,19,25)/b8-5+/t11-,12+,13-,14-,15-,16-/m0/s1. The lowest BCUT2D eigenvalue weighted by Crippen LogP contribution is -2.55. The van der Waals surface area contributed by atoms with Gasteiger partial charge in [-0.05, 0) is 18.8 Å². The number of aliphatic hydroxyl groups excluding tert-OH is 4. The number of nitrogens with one attached hydrogen (secondary N) is 1. The maximum Gasteiger partial charge on any atom is 0.252 e. The molecular formula is C18H32N2O7. The van der Waals surface area contributed by atoms with E-state index in [2.05, 4.69) is 5.32 Å². The molecular weight excluding hydrogens is 356 g/mol. The van der Waals surface area contributed by atoms with Crippen LogP contribution >= 0.6 is 0 Å². The van der Waals surface area contributed by atoms with E-state index in [1.165, 1.54) is 25.1 Å². The van der Waals surface area contributed by atoms with Gasteiger partial charge in [-0.2, -0.15) is 0 Å². The van der Waals surface area contributed by atoms with Crippen LogP contribution in [0.15, 0.2) is 12.2 Å². The largest absolute Gasteiger partial charge is 0.391 e. The Morgan fingerprint density at radius 2 is 1.85 bits per heavy atom. The highest BCUT2D eigenvalue weighted by Crippen LogP contribution is 2.14. The van der Waals surface area contributed by atoms with Gasteiger partial charge < -0.3 is 35.4 Å². The number of hydrogen-bond donors (Lipinski definition) is 5. The van der Waals surface area contributed by atoms with Crippen molar-refractivity contribution in [2.24, 2.45) is 5.92 Å². The van der Waals surface area contributed by atoms with E-state index in [0.717, 1.165) is 0 Å². The first-order valence-corrected chi connectivity index (χ1v) is 9.07. The van der Waals surface area contributed by atoms with Crippen molar-refractivity contribution in [3.05, 3.63) is 12.2 Å². The molecule has 0 unspecified atom stereocenters. The van der Waals surface area contributed by atoms with Crippen molar-refractivity contribution in [3.8, 4) is 0 Å². The van der Waals surface area contributed by atoms with Crippen LogP contribution in [0.5, 0.6) is 0 Å². The minimum atomic E-state index is -1.70. The van der Waals surface area contributed by atoms with Crippen LogP contribution in [0.3, 0.4) is 0 Å². The summed E-state index contributed by atoms with van der Waals surface area (Å²) in [6, 6.07) is -0.868. The second-order valence-electron chi connectivity index (χ2n) is 7.27. The highest BCUT2D eigenvalue weighted by molar-refractivity contribution is 5.89. The Morgan fingerprint density at radius 1 is 1.22 bits per heavy atom. The molecule has 0 radical (unpaired) electrons. The van der Waals surface area contributed by atoms with Crippen molar-refractivity contribution in [1.82, 2.24) is 10.2 Å². The lowest BCUT2D eigenvalue weighted by Gasteiger charge is -2.28. The molecule has 9 nitrogen and oxygen atoms in total. The Morgan fingerprint density at radius 3 is 2.41 bits per heavy atom. The Balaban J connectivity index is 2.78. The van der Waals surface area contributed by atoms with Crippen LogP contribution in [-0.2, 0) is 14.3 Å². The number of likely N-dealkylation sites (tertiary alicyclic amines) is 1. The SMILES string of the molecule is CO[C@H](C(=O)N[C@@H]1CC[C@H](O)CN(C)C1=O)[C@@H](O)[C@@H](O)[C@@H](O)/C=C/C(C)C. The molecule has 0 saturated carbocycles. The smallest absolute Gasteiger partial charge is 0.252 e. The van der Waals surface area contributed by atoms with E-state index in [9.17, 15) is 30.0 Å². The zero-order valence-corrected chi connectivity index (χ0v) is 16.3. The first kappa shape index (κ1) is 23.5. The van der Waals surface area contributed by atoms with Gasteiger partial charge in [0.15, 0.2) is 6.10 Å². The maximum absolute atomic E-state index is 12.5. The molecule has 9 heteroatoms. The van der Waals surface area contributed by atoms with E-state index in [-0.39, 0.29) is 24.8 Å². The average Bonchev–Trinajstić information content (AvgIpc) is 2.72. The highest BCUT2D eigenvalue weighted by Gasteiger charge is 2.37. The molecule has 1 heterocycles. The molecule has 0 aromatic carbocycles. The van der Waals surface area contributed by atoms with Gasteiger partial charge in [-0.1, -0.05) is 26.0 Å². The van der Waals surface area contributed by atoms with Crippen molar-refractivity contribution in [1.29, 1.82) is 0 Å². The number of rotatable bonds is 8. The quantitative estimate of drug-likeness (QED) is 0.315. The predicted molar refractivity (Wildman–Crippen MR) is 97.6 cm³/mol. The van der Waals surface area contributed by atoms with E-state index in [4.69, 9.17) is 4.74 Å². The minimum absolute atomic E-state index is 0.138. The van der Waals surface area contributed by atoms with Crippen molar-refractivity contribution >= 4 is 11.8 Å². The number of β-amino-alcohol motifs (C(OH)–C–C–N with tert-alkyl or cyclic N) is 1. The predicted octanol–water partition coefficient (Wildman–Crippen LogP) is -1.61. The van der Waals surface area contributed by atoms with Gasteiger partial charge in [0.25, 0.3) is 5.91 Å². The molecule has 6 atom stereocenters. The second-order valence-corrected chi connectivity index (χ2v) is 7.27. The van der Waals surface area contributed by atoms with Crippen LogP contribution in [0.2, 0.25) is 0 Å². The summed E-state index contributed by atoms with van der Waals surface area (Å²) in [6.45, 7) is 3.94. The molecule has 0 bridgehead atoms. The van der Waals surface area contributed by atoms with Gasteiger partial charge in [0.05, 0.1) is 6.10 Å². The van der Waals surface area contributed by atoms with Crippen LogP contribution in [0.4, 0.5) is 0 Å². The van der Waals surface area contributed by atoms with Gasteiger partial charge in [0, 0.05) is 20.7 Å². The van der Waals surface area contributed by atoms with E-state index >= 15 is 0 Å². The number of nitrogens with zero attached hydrogens (tertiary/aromatic N) is 1. The number of amides is 2. The molecule has 1 fully saturated rings. The molecule has 1 rings (SSSR count). The van der Waals surface area contributed by atoms with Crippen LogP contribution < -0.4 is 5.32 Å². The second kappa shape index (κ2) is 10.7. The summed E-state index contributed by atoms with van der Waals surface area (Å²) in [5.74, 6) is -1.00. The molecule has 0 aliphatic carbocycles. The summed E-state index contributed by atoms with van der Waals surface area (Å²) in [4.78, 5) is 26.1. The van der Waals surface area contributed by atoms with Gasteiger partial charge in [-0.3, -0.25) is 9.59 Å². The molecule has 0 aromatic heterocycles. The summed E-state index contributed by atoms with van der Waals surface area (Å²) in [7, 11) is 2.71. The maximum atomic E-state index is 12.5. The average molecular weight is 388 g/mol. The lowest BCUT2D eigenvalue weighted by molar-refractivity contribution is -0.151. The molecule has 156 valence electrons.